The van der Waals surface area contributed by atoms with Crippen LogP contribution in [0.5, 0.6) is 11.5 Å². The summed E-state index contributed by atoms with van der Waals surface area (Å²) < 4.78 is 19.1. The zero-order valence-corrected chi connectivity index (χ0v) is 22.2. The van der Waals surface area contributed by atoms with Gasteiger partial charge in [-0.2, -0.15) is 0 Å². The Morgan fingerprint density at radius 2 is 1.94 bits per heavy atom. The van der Waals surface area contributed by atoms with Crippen LogP contribution >= 0.6 is 27.3 Å². The molecule has 1 aliphatic rings. The van der Waals surface area contributed by atoms with Crippen molar-refractivity contribution in [2.75, 3.05) is 20.8 Å². The van der Waals surface area contributed by atoms with E-state index < -0.39 is 12.0 Å². The van der Waals surface area contributed by atoms with E-state index >= 15 is 0 Å². The summed E-state index contributed by atoms with van der Waals surface area (Å²) in [4.78, 5) is 31.8. The average molecular weight is 557 g/mol. The van der Waals surface area contributed by atoms with Gasteiger partial charge in [0.2, 0.25) is 0 Å². The van der Waals surface area contributed by atoms with Crippen LogP contribution in [0.4, 0.5) is 0 Å². The highest BCUT2D eigenvalue weighted by Gasteiger charge is 2.33. The fourth-order valence-corrected chi connectivity index (χ4v) is 5.74. The number of carbonyl (C=O) groups excluding carboxylic acids is 1. The van der Waals surface area contributed by atoms with Gasteiger partial charge in [-0.25, -0.2) is 9.79 Å². The van der Waals surface area contributed by atoms with Crippen molar-refractivity contribution in [3.63, 3.8) is 0 Å². The maximum absolute atomic E-state index is 13.7. The van der Waals surface area contributed by atoms with Crippen molar-refractivity contribution in [3.05, 3.63) is 89.0 Å². The first-order valence-corrected chi connectivity index (χ1v) is 12.7. The van der Waals surface area contributed by atoms with Gasteiger partial charge in [-0.15, -0.1) is 0 Å². The predicted octanol–water partition coefficient (Wildman–Crippen LogP) is 3.97. The van der Waals surface area contributed by atoms with Crippen LogP contribution in [0, 0.1) is 0 Å². The minimum absolute atomic E-state index is 0.232. The van der Waals surface area contributed by atoms with Crippen LogP contribution in [0.2, 0.25) is 0 Å². The number of methoxy groups -OCH3 is 2. The number of hydrogen-bond donors (Lipinski definition) is 0. The molecule has 1 aromatic heterocycles. The number of allylic oxidation sites excluding steroid dienone is 1. The SMILES string of the molecule is CCOc1cc(/C=c2/sc3n(c2=O)[C@H](c2ccccc2)C(C(=O)OC)=C(CC)N=3)cc(Br)c1OC. The van der Waals surface area contributed by atoms with Crippen molar-refractivity contribution >= 4 is 39.3 Å². The van der Waals surface area contributed by atoms with E-state index in [1.165, 1.54) is 18.4 Å². The fourth-order valence-electron chi connectivity index (χ4n) is 4.10. The molecule has 35 heavy (non-hydrogen) atoms. The van der Waals surface area contributed by atoms with Gasteiger partial charge < -0.3 is 14.2 Å². The molecule has 2 heterocycles. The molecule has 0 unspecified atom stereocenters. The lowest BCUT2D eigenvalue weighted by Gasteiger charge is -2.25. The molecule has 0 bridgehead atoms. The number of ether oxygens (including phenoxy) is 3. The molecule has 0 spiro atoms. The topological polar surface area (TPSA) is 79.1 Å². The molecule has 0 saturated carbocycles. The Morgan fingerprint density at radius 1 is 1.20 bits per heavy atom. The van der Waals surface area contributed by atoms with Gasteiger partial charge in [0.15, 0.2) is 16.3 Å². The molecule has 3 aromatic rings. The van der Waals surface area contributed by atoms with Crippen molar-refractivity contribution in [1.82, 2.24) is 4.57 Å². The lowest BCUT2D eigenvalue weighted by molar-refractivity contribution is -0.136. The quantitative estimate of drug-likeness (QED) is 0.411. The number of aromatic nitrogens is 1. The Morgan fingerprint density at radius 3 is 2.57 bits per heavy atom. The van der Waals surface area contributed by atoms with E-state index in [4.69, 9.17) is 19.2 Å². The van der Waals surface area contributed by atoms with Crippen molar-refractivity contribution in [1.29, 1.82) is 0 Å². The summed E-state index contributed by atoms with van der Waals surface area (Å²) in [5, 5.41) is 0. The maximum Gasteiger partial charge on any atom is 0.338 e. The van der Waals surface area contributed by atoms with Gasteiger partial charge in [-0.3, -0.25) is 9.36 Å². The highest BCUT2D eigenvalue weighted by Crippen LogP contribution is 2.37. The Bertz CT molecular complexity index is 1470. The standard InChI is InChI=1S/C26H25BrN2O5S/c1-5-18-21(25(31)33-4)22(16-10-8-7-9-11-16)29-24(30)20(35-26(29)28-18)14-15-12-17(27)23(32-3)19(13-15)34-6-2/h7-14,22H,5-6H2,1-4H3/b20-14+/t22-/m1/s1. The number of esters is 1. The molecule has 7 nitrogen and oxygen atoms in total. The number of carbonyl (C=O) groups is 1. The van der Waals surface area contributed by atoms with Gasteiger partial charge in [-0.1, -0.05) is 48.6 Å². The number of halogens is 1. The van der Waals surface area contributed by atoms with Gasteiger partial charge in [0.05, 0.1) is 47.1 Å². The number of nitrogens with zero attached hydrogens (tertiary/aromatic N) is 2. The summed E-state index contributed by atoms with van der Waals surface area (Å²) in [6.07, 6.45) is 2.33. The number of hydrogen-bond acceptors (Lipinski definition) is 7. The molecule has 0 saturated heterocycles. The average Bonchev–Trinajstić information content (AvgIpc) is 3.17. The largest absolute Gasteiger partial charge is 0.492 e. The van der Waals surface area contributed by atoms with Crippen LogP contribution in [-0.2, 0) is 9.53 Å². The van der Waals surface area contributed by atoms with E-state index in [1.54, 1.807) is 17.8 Å². The summed E-state index contributed by atoms with van der Waals surface area (Å²) in [5.74, 6) is 0.672. The van der Waals surface area contributed by atoms with Crippen LogP contribution < -0.4 is 24.4 Å². The molecule has 2 aromatic carbocycles. The zero-order valence-electron chi connectivity index (χ0n) is 19.8. The lowest BCUT2D eigenvalue weighted by Crippen LogP contribution is -2.40. The number of rotatable bonds is 7. The monoisotopic (exact) mass is 556 g/mol. The normalized spacial score (nSPS) is 15.5. The van der Waals surface area contributed by atoms with Crippen LogP contribution in [0.3, 0.4) is 0 Å². The molecule has 0 amide bonds. The molecular weight excluding hydrogens is 532 g/mol. The van der Waals surface area contributed by atoms with E-state index in [0.29, 0.717) is 49.6 Å². The third-order valence-corrected chi connectivity index (χ3v) is 7.17. The molecule has 4 rings (SSSR count). The van der Waals surface area contributed by atoms with E-state index in [1.807, 2.05) is 56.3 Å². The number of benzene rings is 2. The molecule has 0 aliphatic carbocycles. The molecule has 1 aliphatic heterocycles. The van der Waals surface area contributed by atoms with Gasteiger partial charge >= 0.3 is 5.97 Å². The minimum atomic E-state index is -0.626. The second-order valence-corrected chi connectivity index (χ2v) is 9.53. The second-order valence-electron chi connectivity index (χ2n) is 7.67. The third kappa shape index (κ3) is 4.70. The Kier molecular flexibility index (Phi) is 7.57. The highest BCUT2D eigenvalue weighted by atomic mass is 79.9. The van der Waals surface area contributed by atoms with E-state index in [2.05, 4.69) is 15.9 Å². The van der Waals surface area contributed by atoms with Gasteiger partial charge in [0.25, 0.3) is 5.56 Å². The lowest BCUT2D eigenvalue weighted by atomic mass is 9.95. The van der Waals surface area contributed by atoms with Crippen molar-refractivity contribution in [2.24, 2.45) is 4.99 Å². The van der Waals surface area contributed by atoms with Crippen molar-refractivity contribution < 1.29 is 19.0 Å². The zero-order chi connectivity index (χ0) is 25.1. The first kappa shape index (κ1) is 24.9. The minimum Gasteiger partial charge on any atom is -0.492 e. The number of fused-ring (bicyclic) bond motifs is 1. The summed E-state index contributed by atoms with van der Waals surface area (Å²) >= 11 is 4.81. The molecule has 1 atom stereocenters. The van der Waals surface area contributed by atoms with E-state index in [9.17, 15) is 9.59 Å². The molecule has 9 heteroatoms. The predicted molar refractivity (Wildman–Crippen MR) is 139 cm³/mol. The van der Waals surface area contributed by atoms with Crippen molar-refractivity contribution in [3.8, 4) is 11.5 Å². The Hall–Kier alpha value is -3.17. The molecule has 0 N–H and O–H groups in total. The van der Waals surface area contributed by atoms with Gasteiger partial charge in [0, 0.05) is 0 Å². The third-order valence-electron chi connectivity index (χ3n) is 5.60. The first-order valence-electron chi connectivity index (χ1n) is 11.1. The summed E-state index contributed by atoms with van der Waals surface area (Å²) in [6, 6.07) is 12.5. The second kappa shape index (κ2) is 10.6. The van der Waals surface area contributed by atoms with Crippen LogP contribution in [0.15, 0.2) is 68.0 Å². The van der Waals surface area contributed by atoms with Crippen molar-refractivity contribution in [2.45, 2.75) is 26.3 Å². The van der Waals surface area contributed by atoms with Gasteiger partial charge in [0.1, 0.15) is 0 Å². The van der Waals surface area contributed by atoms with E-state index in [-0.39, 0.29) is 5.56 Å². The van der Waals surface area contributed by atoms with E-state index in [0.717, 1.165) is 11.1 Å². The smallest absolute Gasteiger partial charge is 0.338 e. The van der Waals surface area contributed by atoms with Crippen LogP contribution in [0.25, 0.3) is 6.08 Å². The van der Waals surface area contributed by atoms with Crippen LogP contribution in [-0.4, -0.2) is 31.4 Å². The molecule has 182 valence electrons. The van der Waals surface area contributed by atoms with Crippen LogP contribution in [0.1, 0.15) is 37.4 Å². The molecule has 0 fully saturated rings. The summed E-state index contributed by atoms with van der Waals surface area (Å²) in [5.41, 5.74) is 2.34. The van der Waals surface area contributed by atoms with Gasteiger partial charge in [-0.05, 0) is 58.6 Å². The number of thiazole rings is 1. The maximum atomic E-state index is 13.7. The fraction of sp³-hybridized carbons (Fsp3) is 0.269. The summed E-state index contributed by atoms with van der Waals surface area (Å²) in [7, 11) is 2.92. The Labute approximate surface area is 215 Å². The summed E-state index contributed by atoms with van der Waals surface area (Å²) in [6.45, 7) is 4.30. The highest BCUT2D eigenvalue weighted by molar-refractivity contribution is 9.10. The molecule has 0 radical (unpaired) electrons. The molecular formula is C26H25BrN2O5S. The Balaban J connectivity index is 1.96. The first-order chi connectivity index (χ1) is 16.9.